The Morgan fingerprint density at radius 3 is 2.39 bits per heavy atom. The second-order valence-electron chi connectivity index (χ2n) is 5.07. The van der Waals surface area contributed by atoms with E-state index in [2.05, 4.69) is 59.9 Å². The molecule has 0 heterocycles. The van der Waals surface area contributed by atoms with Crippen LogP contribution in [0.5, 0.6) is 0 Å². The van der Waals surface area contributed by atoms with Gasteiger partial charge in [-0.25, -0.2) is 0 Å². The van der Waals surface area contributed by atoms with Crippen LogP contribution in [0, 0.1) is 5.92 Å². The highest BCUT2D eigenvalue weighted by molar-refractivity contribution is 5.77. The van der Waals surface area contributed by atoms with Gasteiger partial charge in [0.2, 0.25) is 0 Å². The predicted octanol–water partition coefficient (Wildman–Crippen LogP) is 4.57. The summed E-state index contributed by atoms with van der Waals surface area (Å²) in [5.41, 5.74) is 3.84. The normalized spacial score (nSPS) is 14.4. The topological polar surface area (TPSA) is 12.0 Å². The van der Waals surface area contributed by atoms with Gasteiger partial charge in [0, 0.05) is 17.8 Å². The molecule has 2 aromatic carbocycles. The molecule has 1 aliphatic rings. The minimum absolute atomic E-state index is 0.987. The molecule has 0 amide bonds. The van der Waals surface area contributed by atoms with Crippen molar-refractivity contribution in [2.75, 3.05) is 11.9 Å². The van der Waals surface area contributed by atoms with Gasteiger partial charge in [-0.2, -0.15) is 0 Å². The van der Waals surface area contributed by atoms with E-state index in [0.717, 1.165) is 12.5 Å². The Labute approximate surface area is 109 Å². The molecule has 1 aliphatic carbocycles. The van der Waals surface area contributed by atoms with E-state index in [-0.39, 0.29) is 0 Å². The van der Waals surface area contributed by atoms with E-state index in [1.165, 1.54) is 36.1 Å². The van der Waals surface area contributed by atoms with Crippen molar-refractivity contribution in [1.82, 2.24) is 0 Å². The van der Waals surface area contributed by atoms with Crippen LogP contribution in [0.3, 0.4) is 0 Å². The van der Waals surface area contributed by atoms with E-state index in [4.69, 9.17) is 0 Å². The smallest absolute Gasteiger partial charge is 0.0419 e. The number of para-hydroxylation sites is 1. The SMILES string of the molecule is c1ccc(-c2ccccc2NCCC2CC2)cc1. The van der Waals surface area contributed by atoms with Crippen LogP contribution >= 0.6 is 0 Å². The van der Waals surface area contributed by atoms with Gasteiger partial charge < -0.3 is 5.32 Å². The molecule has 1 heteroatoms. The Morgan fingerprint density at radius 2 is 1.61 bits per heavy atom. The first-order valence-corrected chi connectivity index (χ1v) is 6.82. The summed E-state index contributed by atoms with van der Waals surface area (Å²) in [7, 11) is 0. The van der Waals surface area contributed by atoms with Crippen LogP contribution in [-0.2, 0) is 0 Å². The van der Waals surface area contributed by atoms with E-state index < -0.39 is 0 Å². The Hall–Kier alpha value is -1.76. The fraction of sp³-hybridized carbons (Fsp3) is 0.294. The molecule has 18 heavy (non-hydrogen) atoms. The van der Waals surface area contributed by atoms with E-state index >= 15 is 0 Å². The molecule has 1 saturated carbocycles. The van der Waals surface area contributed by atoms with Crippen molar-refractivity contribution in [2.45, 2.75) is 19.3 Å². The average molecular weight is 237 g/mol. The molecule has 0 radical (unpaired) electrons. The lowest BCUT2D eigenvalue weighted by atomic mass is 10.0. The fourth-order valence-electron chi connectivity index (χ4n) is 2.32. The van der Waals surface area contributed by atoms with Crippen molar-refractivity contribution < 1.29 is 0 Å². The summed E-state index contributed by atoms with van der Waals surface area (Å²) < 4.78 is 0. The third-order valence-corrected chi connectivity index (χ3v) is 3.58. The zero-order chi connectivity index (χ0) is 12.2. The highest BCUT2D eigenvalue weighted by atomic mass is 14.9. The van der Waals surface area contributed by atoms with Crippen molar-refractivity contribution in [3.63, 3.8) is 0 Å². The lowest BCUT2D eigenvalue weighted by Crippen LogP contribution is -2.03. The average Bonchev–Trinajstić information content (AvgIpc) is 3.25. The van der Waals surface area contributed by atoms with E-state index in [1.807, 2.05) is 0 Å². The highest BCUT2D eigenvalue weighted by Crippen LogP contribution is 2.33. The van der Waals surface area contributed by atoms with Crippen LogP contribution in [-0.4, -0.2) is 6.54 Å². The summed E-state index contributed by atoms with van der Waals surface area (Å²) in [4.78, 5) is 0. The van der Waals surface area contributed by atoms with Gasteiger partial charge in [-0.3, -0.25) is 0 Å². The molecule has 0 atom stereocenters. The number of nitrogens with one attached hydrogen (secondary N) is 1. The number of benzene rings is 2. The van der Waals surface area contributed by atoms with Crippen LogP contribution in [0.15, 0.2) is 54.6 Å². The summed E-state index contributed by atoms with van der Waals surface area (Å²) in [6, 6.07) is 19.2. The minimum Gasteiger partial charge on any atom is -0.385 e. The van der Waals surface area contributed by atoms with Crippen molar-refractivity contribution in [2.24, 2.45) is 5.92 Å². The largest absolute Gasteiger partial charge is 0.385 e. The Bertz CT molecular complexity index is 500. The second-order valence-corrected chi connectivity index (χ2v) is 5.07. The van der Waals surface area contributed by atoms with E-state index in [1.54, 1.807) is 0 Å². The molecule has 0 saturated heterocycles. The summed E-state index contributed by atoms with van der Waals surface area (Å²) in [6.45, 7) is 1.09. The van der Waals surface area contributed by atoms with Gasteiger partial charge in [0.25, 0.3) is 0 Å². The van der Waals surface area contributed by atoms with Crippen molar-refractivity contribution >= 4 is 5.69 Å². The maximum Gasteiger partial charge on any atom is 0.0419 e. The third kappa shape index (κ3) is 2.73. The molecule has 92 valence electrons. The molecule has 3 rings (SSSR count). The summed E-state index contributed by atoms with van der Waals surface area (Å²) in [6.07, 6.45) is 4.17. The standard InChI is InChI=1S/C17H19N/c1-2-6-15(7-3-1)16-8-4-5-9-17(16)18-13-12-14-10-11-14/h1-9,14,18H,10-13H2. The zero-order valence-electron chi connectivity index (χ0n) is 10.6. The number of rotatable bonds is 5. The lowest BCUT2D eigenvalue weighted by molar-refractivity contribution is 0.760. The van der Waals surface area contributed by atoms with Gasteiger partial charge in [-0.15, -0.1) is 0 Å². The van der Waals surface area contributed by atoms with Crippen molar-refractivity contribution in [1.29, 1.82) is 0 Å². The number of hydrogen-bond acceptors (Lipinski definition) is 1. The lowest BCUT2D eigenvalue weighted by Gasteiger charge is -2.12. The first-order chi connectivity index (χ1) is 8.93. The van der Waals surface area contributed by atoms with Crippen LogP contribution in [0.25, 0.3) is 11.1 Å². The molecular formula is C17H19N. The quantitative estimate of drug-likeness (QED) is 0.803. The molecular weight excluding hydrogens is 218 g/mol. The highest BCUT2D eigenvalue weighted by Gasteiger charge is 2.20. The van der Waals surface area contributed by atoms with Crippen LogP contribution in [0.4, 0.5) is 5.69 Å². The van der Waals surface area contributed by atoms with Crippen molar-refractivity contribution in [3.05, 3.63) is 54.6 Å². The van der Waals surface area contributed by atoms with Gasteiger partial charge in [0.05, 0.1) is 0 Å². The van der Waals surface area contributed by atoms with Crippen LogP contribution in [0.2, 0.25) is 0 Å². The molecule has 1 fully saturated rings. The van der Waals surface area contributed by atoms with Gasteiger partial charge in [0.15, 0.2) is 0 Å². The maximum atomic E-state index is 3.58. The predicted molar refractivity (Wildman–Crippen MR) is 77.7 cm³/mol. The Kier molecular flexibility index (Phi) is 3.31. The third-order valence-electron chi connectivity index (χ3n) is 3.58. The molecule has 0 aromatic heterocycles. The van der Waals surface area contributed by atoms with E-state index in [9.17, 15) is 0 Å². The van der Waals surface area contributed by atoms with Crippen molar-refractivity contribution in [3.8, 4) is 11.1 Å². The maximum absolute atomic E-state index is 3.58. The van der Waals surface area contributed by atoms with E-state index in [0.29, 0.717) is 0 Å². The fourth-order valence-corrected chi connectivity index (χ4v) is 2.32. The Morgan fingerprint density at radius 1 is 0.889 bits per heavy atom. The monoisotopic (exact) mass is 237 g/mol. The number of hydrogen-bond donors (Lipinski definition) is 1. The zero-order valence-corrected chi connectivity index (χ0v) is 10.6. The molecule has 0 spiro atoms. The number of anilines is 1. The first-order valence-electron chi connectivity index (χ1n) is 6.82. The van der Waals surface area contributed by atoms with Gasteiger partial charge in [0.1, 0.15) is 0 Å². The molecule has 1 N–H and O–H groups in total. The van der Waals surface area contributed by atoms with Crippen LogP contribution in [0.1, 0.15) is 19.3 Å². The molecule has 2 aromatic rings. The minimum atomic E-state index is 0.987. The molecule has 0 aliphatic heterocycles. The molecule has 1 nitrogen and oxygen atoms in total. The van der Waals surface area contributed by atoms with Gasteiger partial charge >= 0.3 is 0 Å². The summed E-state index contributed by atoms with van der Waals surface area (Å²) in [5.74, 6) is 0.987. The molecule has 0 bridgehead atoms. The summed E-state index contributed by atoms with van der Waals surface area (Å²) in [5, 5.41) is 3.58. The van der Waals surface area contributed by atoms with Gasteiger partial charge in [-0.05, 0) is 24.0 Å². The summed E-state index contributed by atoms with van der Waals surface area (Å²) >= 11 is 0. The first kappa shape index (κ1) is 11.3. The molecule has 0 unspecified atom stereocenters. The van der Waals surface area contributed by atoms with Crippen LogP contribution < -0.4 is 5.32 Å². The van der Waals surface area contributed by atoms with Gasteiger partial charge in [-0.1, -0.05) is 61.4 Å². The Balaban J connectivity index is 1.76. The second kappa shape index (κ2) is 5.26.